The van der Waals surface area contributed by atoms with Crippen molar-refractivity contribution in [2.45, 2.75) is 19.7 Å². The van der Waals surface area contributed by atoms with Crippen molar-refractivity contribution < 1.29 is 22.7 Å². The lowest BCUT2D eigenvalue weighted by Crippen LogP contribution is -2.27. The predicted octanol–water partition coefficient (Wildman–Crippen LogP) is 3.08. The van der Waals surface area contributed by atoms with Crippen LogP contribution in [0.4, 0.5) is 13.2 Å². The number of carbonyl (C=O) groups is 1. The molecule has 138 valence electrons. The molecule has 0 atom stereocenters. The van der Waals surface area contributed by atoms with E-state index in [2.05, 4.69) is 20.1 Å². The van der Waals surface area contributed by atoms with Crippen molar-refractivity contribution in [3.05, 3.63) is 47.4 Å². The number of aromatic nitrogens is 3. The molecule has 2 N–H and O–H groups in total. The van der Waals surface area contributed by atoms with Crippen molar-refractivity contribution in [1.29, 1.82) is 0 Å². The zero-order valence-corrected chi connectivity index (χ0v) is 14.1. The first-order valence-corrected chi connectivity index (χ1v) is 7.88. The minimum Gasteiger partial charge on any atom is -0.406 e. The molecular weight excluding hydrogens is 349 g/mol. The molecule has 0 fully saturated rings. The first kappa shape index (κ1) is 17.8. The van der Waals surface area contributed by atoms with Gasteiger partial charge in [-0.2, -0.15) is 5.10 Å². The SMILES string of the molecule is Cc1[nH]c2ccc(OC(F)(F)F)cc2c1CCNC(=O)c1ccnn1C. The second kappa shape index (κ2) is 6.74. The number of aromatic amines is 1. The zero-order valence-electron chi connectivity index (χ0n) is 14.1. The highest BCUT2D eigenvalue weighted by Gasteiger charge is 2.31. The van der Waals surface area contributed by atoms with E-state index < -0.39 is 6.36 Å². The fourth-order valence-electron chi connectivity index (χ4n) is 2.87. The molecule has 0 unspecified atom stereocenters. The van der Waals surface area contributed by atoms with Crippen LogP contribution >= 0.6 is 0 Å². The van der Waals surface area contributed by atoms with Crippen LogP contribution in [0.3, 0.4) is 0 Å². The van der Waals surface area contributed by atoms with E-state index in [0.29, 0.717) is 29.6 Å². The minimum atomic E-state index is -4.74. The molecule has 26 heavy (non-hydrogen) atoms. The van der Waals surface area contributed by atoms with Gasteiger partial charge in [0, 0.05) is 36.4 Å². The third-order valence-electron chi connectivity index (χ3n) is 4.04. The second-order valence-corrected chi connectivity index (χ2v) is 5.83. The molecular formula is C17H17F3N4O2. The van der Waals surface area contributed by atoms with Gasteiger partial charge in [-0.1, -0.05) is 0 Å². The summed E-state index contributed by atoms with van der Waals surface area (Å²) in [5, 5.41) is 7.36. The molecule has 0 aliphatic rings. The van der Waals surface area contributed by atoms with E-state index in [0.717, 1.165) is 11.3 Å². The van der Waals surface area contributed by atoms with Crippen LogP contribution in [0.15, 0.2) is 30.5 Å². The lowest BCUT2D eigenvalue weighted by Gasteiger charge is -2.09. The molecule has 0 saturated heterocycles. The Kier molecular flexibility index (Phi) is 4.62. The lowest BCUT2D eigenvalue weighted by atomic mass is 10.1. The van der Waals surface area contributed by atoms with Crippen molar-refractivity contribution in [3.8, 4) is 5.75 Å². The van der Waals surface area contributed by atoms with Crippen molar-refractivity contribution in [2.75, 3.05) is 6.54 Å². The Morgan fingerprint density at radius 3 is 2.77 bits per heavy atom. The first-order chi connectivity index (χ1) is 12.2. The van der Waals surface area contributed by atoms with Gasteiger partial charge in [-0.3, -0.25) is 9.48 Å². The lowest BCUT2D eigenvalue weighted by molar-refractivity contribution is -0.274. The van der Waals surface area contributed by atoms with Crippen LogP contribution in [-0.4, -0.2) is 33.6 Å². The maximum Gasteiger partial charge on any atom is 0.573 e. The van der Waals surface area contributed by atoms with Gasteiger partial charge in [0.05, 0.1) is 0 Å². The largest absolute Gasteiger partial charge is 0.573 e. The average Bonchev–Trinajstić information content (AvgIpc) is 3.09. The Morgan fingerprint density at radius 1 is 1.35 bits per heavy atom. The van der Waals surface area contributed by atoms with Gasteiger partial charge in [0.1, 0.15) is 11.4 Å². The summed E-state index contributed by atoms with van der Waals surface area (Å²) >= 11 is 0. The van der Waals surface area contributed by atoms with Crippen LogP contribution in [0.2, 0.25) is 0 Å². The number of H-pyrrole nitrogens is 1. The number of nitrogens with zero attached hydrogens (tertiary/aromatic N) is 2. The zero-order chi connectivity index (χ0) is 18.9. The molecule has 2 aromatic heterocycles. The summed E-state index contributed by atoms with van der Waals surface area (Å²) in [6, 6.07) is 5.76. The summed E-state index contributed by atoms with van der Waals surface area (Å²) in [5.41, 5.74) is 2.81. The van der Waals surface area contributed by atoms with Crippen molar-refractivity contribution in [1.82, 2.24) is 20.1 Å². The van der Waals surface area contributed by atoms with Gasteiger partial charge in [0.15, 0.2) is 0 Å². The number of carbonyl (C=O) groups excluding carboxylic acids is 1. The molecule has 0 aliphatic heterocycles. The fraction of sp³-hybridized carbons (Fsp3) is 0.294. The number of benzene rings is 1. The Labute approximate surface area is 146 Å². The molecule has 1 amide bonds. The molecule has 6 nitrogen and oxygen atoms in total. The quantitative estimate of drug-likeness (QED) is 0.729. The molecule has 0 spiro atoms. The smallest absolute Gasteiger partial charge is 0.406 e. The van der Waals surface area contributed by atoms with E-state index in [-0.39, 0.29) is 11.7 Å². The first-order valence-electron chi connectivity index (χ1n) is 7.88. The number of hydrogen-bond donors (Lipinski definition) is 2. The van der Waals surface area contributed by atoms with E-state index in [1.54, 1.807) is 19.2 Å². The van der Waals surface area contributed by atoms with Crippen LogP contribution in [0.5, 0.6) is 5.75 Å². The molecule has 0 bridgehead atoms. The second-order valence-electron chi connectivity index (χ2n) is 5.83. The molecule has 9 heteroatoms. The minimum absolute atomic E-state index is 0.261. The number of hydrogen-bond acceptors (Lipinski definition) is 3. The topological polar surface area (TPSA) is 71.9 Å². The summed E-state index contributed by atoms with van der Waals surface area (Å²) < 4.78 is 42.7. The summed E-state index contributed by atoms with van der Waals surface area (Å²) in [7, 11) is 1.67. The molecule has 0 saturated carbocycles. The van der Waals surface area contributed by atoms with Crippen LogP contribution in [0.1, 0.15) is 21.7 Å². The van der Waals surface area contributed by atoms with E-state index >= 15 is 0 Å². The highest BCUT2D eigenvalue weighted by atomic mass is 19.4. The van der Waals surface area contributed by atoms with Gasteiger partial charge >= 0.3 is 6.36 Å². The number of alkyl halides is 3. The number of rotatable bonds is 5. The summed E-state index contributed by atoms with van der Waals surface area (Å²) in [4.78, 5) is 15.2. The Bertz CT molecular complexity index is 943. The molecule has 0 aliphatic carbocycles. The summed E-state index contributed by atoms with van der Waals surface area (Å²) in [6.07, 6.45) is -2.75. The van der Waals surface area contributed by atoms with E-state index in [4.69, 9.17) is 0 Å². The van der Waals surface area contributed by atoms with E-state index in [9.17, 15) is 18.0 Å². The molecule has 2 heterocycles. The molecule has 0 radical (unpaired) electrons. The molecule has 3 rings (SSSR count). The van der Waals surface area contributed by atoms with Crippen LogP contribution in [-0.2, 0) is 13.5 Å². The van der Waals surface area contributed by atoms with Gasteiger partial charge in [0.25, 0.3) is 5.91 Å². The highest BCUT2D eigenvalue weighted by molar-refractivity contribution is 5.92. The molecule has 1 aromatic carbocycles. The van der Waals surface area contributed by atoms with Crippen LogP contribution < -0.4 is 10.1 Å². The number of amides is 1. The fourth-order valence-corrected chi connectivity index (χ4v) is 2.87. The van der Waals surface area contributed by atoms with Gasteiger partial charge in [-0.05, 0) is 43.2 Å². The summed E-state index contributed by atoms with van der Waals surface area (Å²) in [5.74, 6) is -0.534. The molecule has 3 aromatic rings. The third-order valence-corrected chi connectivity index (χ3v) is 4.04. The number of halogens is 3. The van der Waals surface area contributed by atoms with E-state index in [1.165, 1.54) is 23.0 Å². The number of ether oxygens (including phenoxy) is 1. The highest BCUT2D eigenvalue weighted by Crippen LogP contribution is 2.29. The van der Waals surface area contributed by atoms with Gasteiger partial charge in [-0.25, -0.2) is 0 Å². The third kappa shape index (κ3) is 3.81. The number of aryl methyl sites for hydroxylation is 2. The average molecular weight is 366 g/mol. The van der Waals surface area contributed by atoms with Gasteiger partial charge < -0.3 is 15.0 Å². The Morgan fingerprint density at radius 2 is 2.12 bits per heavy atom. The monoisotopic (exact) mass is 366 g/mol. The van der Waals surface area contributed by atoms with Gasteiger partial charge in [-0.15, -0.1) is 13.2 Å². The Balaban J connectivity index is 1.74. The van der Waals surface area contributed by atoms with Gasteiger partial charge in [0.2, 0.25) is 0 Å². The Hall–Kier alpha value is -2.97. The standard InChI is InChI=1S/C17H17F3N4O2/c1-10-12(5-7-21-16(25)15-6-8-22-24(15)2)13-9-11(26-17(18,19)20)3-4-14(13)23-10/h3-4,6,8-9,23H,5,7H2,1-2H3,(H,21,25). The van der Waals surface area contributed by atoms with Crippen molar-refractivity contribution >= 4 is 16.8 Å². The van der Waals surface area contributed by atoms with Crippen molar-refractivity contribution in [3.63, 3.8) is 0 Å². The maximum atomic E-state index is 12.4. The number of fused-ring (bicyclic) bond motifs is 1. The predicted molar refractivity (Wildman–Crippen MR) is 89.0 cm³/mol. The normalized spacial score (nSPS) is 11.7. The summed E-state index contributed by atoms with van der Waals surface area (Å²) in [6.45, 7) is 2.17. The van der Waals surface area contributed by atoms with E-state index in [1.807, 2.05) is 6.92 Å². The van der Waals surface area contributed by atoms with Crippen LogP contribution in [0, 0.1) is 6.92 Å². The number of nitrogens with one attached hydrogen (secondary N) is 2. The van der Waals surface area contributed by atoms with Crippen LogP contribution in [0.25, 0.3) is 10.9 Å². The van der Waals surface area contributed by atoms with Crippen molar-refractivity contribution in [2.24, 2.45) is 7.05 Å². The maximum absolute atomic E-state index is 12.4.